The van der Waals surface area contributed by atoms with Gasteiger partial charge in [-0.3, -0.25) is 4.99 Å². The third-order valence-corrected chi connectivity index (χ3v) is 11.3. The van der Waals surface area contributed by atoms with Crippen molar-refractivity contribution in [3.63, 3.8) is 0 Å². The van der Waals surface area contributed by atoms with Crippen LogP contribution in [0.2, 0.25) is 0 Å². The summed E-state index contributed by atoms with van der Waals surface area (Å²) in [5.41, 5.74) is 1.53. The molecule has 5 aliphatic rings. The molecule has 1 aromatic rings. The zero-order chi connectivity index (χ0) is 24.5. The first-order valence-electron chi connectivity index (χ1n) is 13.4. The summed E-state index contributed by atoms with van der Waals surface area (Å²) in [6, 6.07) is 5.33. The van der Waals surface area contributed by atoms with Gasteiger partial charge in [0, 0.05) is 34.5 Å². The summed E-state index contributed by atoms with van der Waals surface area (Å²) in [6.45, 7) is 6.65. The first kappa shape index (κ1) is 24.1. The number of hydrogen-bond acceptors (Lipinski definition) is 5. The number of aromatic hydroxyl groups is 1. The van der Waals surface area contributed by atoms with Crippen molar-refractivity contribution in [2.45, 2.75) is 76.6 Å². The lowest BCUT2D eigenvalue weighted by molar-refractivity contribution is -0.187. The minimum Gasteiger partial charge on any atom is -0.507 e. The van der Waals surface area contributed by atoms with Gasteiger partial charge < -0.3 is 19.7 Å². The highest BCUT2D eigenvalue weighted by molar-refractivity contribution is 9.10. The Labute approximate surface area is 217 Å². The molecule has 35 heavy (non-hydrogen) atoms. The Morgan fingerprint density at radius 3 is 2.66 bits per heavy atom. The maximum absolute atomic E-state index is 11.9. The highest BCUT2D eigenvalue weighted by atomic mass is 79.9. The molecule has 1 spiro atoms. The van der Waals surface area contributed by atoms with E-state index in [1.165, 1.54) is 6.42 Å². The van der Waals surface area contributed by atoms with Crippen molar-refractivity contribution < 1.29 is 19.7 Å². The number of fused-ring (bicyclic) bond motifs is 5. The molecule has 1 heterocycles. The molecule has 0 amide bonds. The van der Waals surface area contributed by atoms with Crippen LogP contribution in [0, 0.1) is 28.6 Å². The van der Waals surface area contributed by atoms with Gasteiger partial charge in [-0.2, -0.15) is 0 Å². The second-order valence-electron chi connectivity index (χ2n) is 12.2. The fourth-order valence-corrected chi connectivity index (χ4v) is 9.02. The van der Waals surface area contributed by atoms with E-state index in [1.807, 2.05) is 12.1 Å². The van der Waals surface area contributed by atoms with E-state index in [-0.39, 0.29) is 22.4 Å². The summed E-state index contributed by atoms with van der Waals surface area (Å²) in [7, 11) is 0. The topological polar surface area (TPSA) is 71.3 Å². The van der Waals surface area contributed by atoms with Crippen LogP contribution in [-0.2, 0) is 9.47 Å². The molecule has 6 heteroatoms. The Morgan fingerprint density at radius 1 is 1.09 bits per heavy atom. The molecule has 4 aliphatic carbocycles. The number of aliphatic hydroxyl groups is 1. The number of aliphatic imine (C=N–C) groups is 1. The summed E-state index contributed by atoms with van der Waals surface area (Å²) >= 11 is 3.46. The molecule has 1 aliphatic heterocycles. The van der Waals surface area contributed by atoms with E-state index in [0.717, 1.165) is 62.6 Å². The standard InChI is InChI=1S/C29H38BrNO4/c1-26-11-12-29(34-13-14-35-29)16-20(26)3-5-22-23(26)7-9-27(2)24(22)8-10-28(27,33)18-31-17-19-15-21(30)4-6-25(19)32/h3-4,6,15,17,22-24,32-33H,5,7-14,16,18H2,1-2H3/t22-,23-,24+,26+,27+,28-/m1/s1. The second-order valence-corrected chi connectivity index (χ2v) is 13.2. The van der Waals surface area contributed by atoms with E-state index >= 15 is 0 Å². The number of benzene rings is 1. The maximum atomic E-state index is 11.9. The van der Waals surface area contributed by atoms with Crippen molar-refractivity contribution >= 4 is 22.1 Å². The zero-order valence-electron chi connectivity index (χ0n) is 20.9. The van der Waals surface area contributed by atoms with Gasteiger partial charge in [-0.05, 0) is 79.9 Å². The fraction of sp³-hybridized carbons (Fsp3) is 0.690. The lowest BCUT2D eigenvalue weighted by Gasteiger charge is -2.59. The molecule has 6 rings (SSSR count). The lowest BCUT2D eigenvalue weighted by Crippen LogP contribution is -2.56. The highest BCUT2D eigenvalue weighted by Gasteiger charge is 2.64. The van der Waals surface area contributed by atoms with Crippen LogP contribution in [0.4, 0.5) is 0 Å². The summed E-state index contributed by atoms with van der Waals surface area (Å²) in [4.78, 5) is 4.66. The predicted molar refractivity (Wildman–Crippen MR) is 140 cm³/mol. The molecule has 190 valence electrons. The normalized spacial score (nSPS) is 42.1. The maximum Gasteiger partial charge on any atom is 0.172 e. The van der Waals surface area contributed by atoms with Crippen molar-refractivity contribution in [3.05, 3.63) is 39.9 Å². The molecule has 0 radical (unpaired) electrons. The van der Waals surface area contributed by atoms with Gasteiger partial charge in [0.1, 0.15) is 5.75 Å². The number of allylic oxidation sites excluding steroid dienone is 1. The van der Waals surface area contributed by atoms with Gasteiger partial charge in [0.05, 0.1) is 25.4 Å². The average Bonchev–Trinajstić information content (AvgIpc) is 3.39. The molecule has 1 saturated heterocycles. The molecule has 0 unspecified atom stereocenters. The van der Waals surface area contributed by atoms with E-state index in [9.17, 15) is 10.2 Å². The lowest BCUT2D eigenvalue weighted by atomic mass is 9.46. The molecule has 4 fully saturated rings. The third-order valence-electron chi connectivity index (χ3n) is 10.8. The number of phenols is 1. The van der Waals surface area contributed by atoms with Crippen LogP contribution >= 0.6 is 15.9 Å². The van der Waals surface area contributed by atoms with Gasteiger partial charge in [0.25, 0.3) is 0 Å². The van der Waals surface area contributed by atoms with Gasteiger partial charge in [0.15, 0.2) is 5.79 Å². The van der Waals surface area contributed by atoms with Gasteiger partial charge in [0.2, 0.25) is 0 Å². The van der Waals surface area contributed by atoms with Crippen molar-refractivity contribution in [2.24, 2.45) is 33.6 Å². The Kier molecular flexibility index (Phi) is 5.80. The number of nitrogens with zero attached hydrogens (tertiary/aromatic N) is 1. The quantitative estimate of drug-likeness (QED) is 0.361. The van der Waals surface area contributed by atoms with E-state index in [0.29, 0.717) is 29.9 Å². The second kappa shape index (κ2) is 8.41. The number of hydrogen-bond donors (Lipinski definition) is 2. The minimum absolute atomic E-state index is 0.125. The van der Waals surface area contributed by atoms with Crippen molar-refractivity contribution in [1.29, 1.82) is 0 Å². The first-order valence-corrected chi connectivity index (χ1v) is 14.2. The van der Waals surface area contributed by atoms with Gasteiger partial charge in [-0.1, -0.05) is 41.4 Å². The highest BCUT2D eigenvalue weighted by Crippen LogP contribution is 2.68. The van der Waals surface area contributed by atoms with Gasteiger partial charge in [-0.25, -0.2) is 0 Å². The molecule has 5 nitrogen and oxygen atoms in total. The predicted octanol–water partition coefficient (Wildman–Crippen LogP) is 6.01. The van der Waals surface area contributed by atoms with Crippen LogP contribution in [0.1, 0.15) is 70.8 Å². The van der Waals surface area contributed by atoms with E-state index < -0.39 is 5.60 Å². The largest absolute Gasteiger partial charge is 0.507 e. The molecule has 1 aromatic carbocycles. The molecule has 0 bridgehead atoms. The van der Waals surface area contributed by atoms with E-state index in [2.05, 4.69) is 40.8 Å². The van der Waals surface area contributed by atoms with Crippen LogP contribution < -0.4 is 0 Å². The summed E-state index contributed by atoms with van der Waals surface area (Å²) in [5, 5.41) is 22.1. The minimum atomic E-state index is -0.798. The molecule has 2 N–H and O–H groups in total. The Bertz CT molecular complexity index is 1060. The molecule has 6 atom stereocenters. The Balaban J connectivity index is 1.21. The SMILES string of the molecule is C[C@]12CCC3(CC1=CC[C@@H]1[C@H]2CC[C@@]2(C)[C@H]1CC[C@@]2(O)CN=Cc1cc(Br)ccc1O)OCCO3. The van der Waals surface area contributed by atoms with Crippen molar-refractivity contribution in [3.8, 4) is 5.75 Å². The number of halogens is 1. The summed E-state index contributed by atoms with van der Waals surface area (Å²) in [5.74, 6) is 1.65. The molecule has 3 saturated carbocycles. The summed E-state index contributed by atoms with van der Waals surface area (Å²) < 4.78 is 13.1. The third kappa shape index (κ3) is 3.69. The molecular weight excluding hydrogens is 506 g/mol. The molecule has 0 aromatic heterocycles. The van der Waals surface area contributed by atoms with Crippen molar-refractivity contribution in [2.75, 3.05) is 19.8 Å². The first-order chi connectivity index (χ1) is 16.7. The van der Waals surface area contributed by atoms with Crippen LogP contribution in [0.5, 0.6) is 5.75 Å². The average molecular weight is 545 g/mol. The fourth-order valence-electron chi connectivity index (χ4n) is 8.64. The molecular formula is C29H38BrNO4. The van der Waals surface area contributed by atoms with Crippen LogP contribution in [0.3, 0.4) is 0 Å². The van der Waals surface area contributed by atoms with Gasteiger partial charge in [-0.15, -0.1) is 0 Å². The number of rotatable bonds is 3. The van der Waals surface area contributed by atoms with Gasteiger partial charge >= 0.3 is 0 Å². The van der Waals surface area contributed by atoms with Crippen LogP contribution in [0.25, 0.3) is 0 Å². The number of ether oxygens (including phenoxy) is 2. The Hall–Kier alpha value is -1.21. The van der Waals surface area contributed by atoms with Crippen LogP contribution in [-0.4, -0.2) is 47.6 Å². The smallest absolute Gasteiger partial charge is 0.172 e. The summed E-state index contributed by atoms with van der Waals surface area (Å²) in [6.07, 6.45) is 12.5. The zero-order valence-corrected chi connectivity index (χ0v) is 22.5. The monoisotopic (exact) mass is 543 g/mol. The van der Waals surface area contributed by atoms with Crippen molar-refractivity contribution in [1.82, 2.24) is 0 Å². The Morgan fingerprint density at radius 2 is 1.86 bits per heavy atom. The number of phenolic OH excluding ortho intramolecular Hbond substituents is 1. The van der Waals surface area contributed by atoms with Crippen LogP contribution in [0.15, 0.2) is 39.3 Å². The van der Waals surface area contributed by atoms with E-state index in [1.54, 1.807) is 17.9 Å². The van der Waals surface area contributed by atoms with E-state index in [4.69, 9.17) is 9.47 Å².